The van der Waals surface area contributed by atoms with Crippen molar-refractivity contribution < 1.29 is 70.1 Å². The number of hydrogen-bond donors (Lipinski definition) is 3. The van der Waals surface area contributed by atoms with Gasteiger partial charge < -0.3 is 38.3 Å². The summed E-state index contributed by atoms with van der Waals surface area (Å²) >= 11 is 44.2. The van der Waals surface area contributed by atoms with Crippen LogP contribution in [0.25, 0.3) is 0 Å². The molecular formula is C51H74Cl6O15S5. The van der Waals surface area contributed by atoms with Gasteiger partial charge in [0.05, 0.1) is 31.3 Å². The molecule has 0 atom stereocenters. The summed E-state index contributed by atoms with van der Waals surface area (Å²) < 4.78 is 59.0. The molecule has 0 spiro atoms. The van der Waals surface area contributed by atoms with E-state index in [2.05, 4.69) is 25.3 Å². The average molecular weight is 1300 g/mol. The Hall–Kier alpha value is -0.700. The van der Waals surface area contributed by atoms with Crippen molar-refractivity contribution in [1.29, 1.82) is 0 Å². The van der Waals surface area contributed by atoms with Crippen LogP contribution in [-0.2, 0) is 66.7 Å². The lowest BCUT2D eigenvalue weighted by atomic mass is 10.1. The van der Waals surface area contributed by atoms with Crippen molar-refractivity contribution in [3.05, 3.63) is 74.4 Å². The van der Waals surface area contributed by atoms with E-state index in [0.29, 0.717) is 106 Å². The van der Waals surface area contributed by atoms with Crippen LogP contribution in [0.15, 0.2) is 73.7 Å². The first-order valence-electron chi connectivity index (χ1n) is 24.4. The van der Waals surface area contributed by atoms with Crippen molar-refractivity contribution in [3.63, 3.8) is 0 Å². The van der Waals surface area contributed by atoms with Crippen LogP contribution >= 0.6 is 118 Å². The summed E-state index contributed by atoms with van der Waals surface area (Å²) in [6.45, 7) is 18.1. The predicted octanol–water partition coefficient (Wildman–Crippen LogP) is 12.6. The summed E-state index contributed by atoms with van der Waals surface area (Å²) in [5, 5.41) is 8.52. The lowest BCUT2D eigenvalue weighted by Gasteiger charge is -2.23. The van der Waals surface area contributed by atoms with Gasteiger partial charge in [0, 0.05) is 85.9 Å². The van der Waals surface area contributed by atoms with Crippen molar-refractivity contribution in [2.75, 3.05) is 64.4 Å². The maximum absolute atomic E-state index is 12.3. The van der Waals surface area contributed by atoms with Crippen LogP contribution in [0.2, 0.25) is 0 Å². The quantitative estimate of drug-likeness (QED) is 0.0158. The molecule has 440 valence electrons. The van der Waals surface area contributed by atoms with E-state index in [1.54, 1.807) is 26.0 Å². The van der Waals surface area contributed by atoms with Crippen molar-refractivity contribution in [2.24, 2.45) is 0 Å². The smallest absolute Gasteiger partial charge is 0.297 e. The minimum absolute atomic E-state index is 0.0685. The van der Waals surface area contributed by atoms with Crippen LogP contribution < -0.4 is 0 Å². The number of aldehydes is 1. The van der Waals surface area contributed by atoms with E-state index in [0.717, 1.165) is 39.9 Å². The Labute approximate surface area is 505 Å². The molecular weight excluding hydrogens is 1230 g/mol. The monoisotopic (exact) mass is 1300 g/mol. The topological polar surface area (TPSA) is 204 Å². The van der Waals surface area contributed by atoms with Gasteiger partial charge in [0.2, 0.25) is 28.0 Å². The molecule has 77 heavy (non-hydrogen) atoms. The molecule has 2 heterocycles. The number of hydrogen-bond acceptors (Lipinski definition) is 17. The second kappa shape index (κ2) is 41.3. The molecule has 3 rings (SSSR count). The van der Waals surface area contributed by atoms with E-state index in [1.165, 1.54) is 35.7 Å². The van der Waals surface area contributed by atoms with Gasteiger partial charge in [-0.15, -0.1) is 25.3 Å². The number of carbonyl (C=O) groups is 5. The van der Waals surface area contributed by atoms with Gasteiger partial charge in [-0.25, -0.2) is 0 Å². The fourth-order valence-corrected chi connectivity index (χ4v) is 10.4. The summed E-state index contributed by atoms with van der Waals surface area (Å²) in [4.78, 5) is 56.1. The van der Waals surface area contributed by atoms with E-state index in [4.69, 9.17) is 107 Å². The molecule has 0 aromatic heterocycles. The molecule has 2 aliphatic heterocycles. The Bertz CT molecular complexity index is 2220. The minimum Gasteiger partial charge on any atom is -0.392 e. The highest BCUT2D eigenvalue weighted by atomic mass is 35.6. The van der Waals surface area contributed by atoms with Gasteiger partial charge in [-0.1, -0.05) is 122 Å². The van der Waals surface area contributed by atoms with Crippen molar-refractivity contribution in [1.82, 2.24) is 0 Å². The molecule has 0 amide bonds. The number of rotatable bonds is 31. The highest BCUT2D eigenvalue weighted by Crippen LogP contribution is 2.33. The van der Waals surface area contributed by atoms with Gasteiger partial charge in [0.25, 0.3) is 10.1 Å². The first kappa shape index (κ1) is 76.3. The molecule has 1 aromatic rings. The second-order valence-electron chi connectivity index (χ2n) is 16.8. The van der Waals surface area contributed by atoms with Gasteiger partial charge in [0.1, 0.15) is 6.29 Å². The zero-order valence-electron chi connectivity index (χ0n) is 44.9. The van der Waals surface area contributed by atoms with Gasteiger partial charge in [-0.2, -0.15) is 8.42 Å². The molecule has 0 radical (unpaired) electrons. The SMILES string of the molecule is CC1=C(CCC(OCC(Cl)(Cl)Cl)OCC(Cl)(Cl)Cl)C(=O)SC1.CC1=C(CCC=O)C(=O)SC1.CCOC(CC/C(C(=O)S)=C(\C)CO)OCC.CCOC(CC/C(C(=O)S)=C(\C)COS(=O)(=O)c1ccc(C)cc1)OCC. The molecule has 26 heteroatoms. The Balaban J connectivity index is 0.00000104. The predicted molar refractivity (Wildman–Crippen MR) is 318 cm³/mol. The summed E-state index contributed by atoms with van der Waals surface area (Å²) in [5.74, 6) is 1.52. The summed E-state index contributed by atoms with van der Waals surface area (Å²) in [5.41, 5.74) is 6.88. The maximum atomic E-state index is 12.3. The number of halogens is 6. The molecule has 0 fully saturated rings. The number of alkyl halides is 6. The Morgan fingerprint density at radius 3 is 1.39 bits per heavy atom. The summed E-state index contributed by atoms with van der Waals surface area (Å²) in [6.07, 6.45) is 3.26. The molecule has 2 aliphatic rings. The first-order valence-corrected chi connectivity index (χ1v) is 30.9. The van der Waals surface area contributed by atoms with Crippen molar-refractivity contribution in [2.45, 2.75) is 145 Å². The van der Waals surface area contributed by atoms with E-state index >= 15 is 0 Å². The highest BCUT2D eigenvalue weighted by Gasteiger charge is 2.29. The highest BCUT2D eigenvalue weighted by molar-refractivity contribution is 8.15. The standard InChI is InChI=1S/C19H28O6S2.C12H14Cl6O3S.C12H22O4S.C8H10O2S/c1-5-23-18(24-6-2)12-11-17(19(20)26)15(4)13-25-27(21,22)16-9-7-14(3)8-10-16;1-7-4-22-10(19)8(7)2-3-9(20-5-11(13,14)15)21-6-12(16,17)18;1-4-15-11(16-5-2)7-6-10(12(14)17)9(3)8-13;1-6-5-11-8(10)7(6)3-2-4-9/h7-10,18H,5-6,11-13H2,1-4H3,(H,20,26);9H,2-6H2,1H3;11,13H,4-8H2,1-3H3,(H,14,17);4H,2-3,5H2,1H3/b17-15-;;10-9-;. The zero-order valence-corrected chi connectivity index (χ0v) is 53.7. The summed E-state index contributed by atoms with van der Waals surface area (Å²) in [6, 6.07) is 6.37. The van der Waals surface area contributed by atoms with Crippen LogP contribution in [0.4, 0.5) is 0 Å². The van der Waals surface area contributed by atoms with E-state index in [9.17, 15) is 32.4 Å². The fourth-order valence-electron chi connectivity index (χ4n) is 6.56. The zero-order chi connectivity index (χ0) is 58.9. The van der Waals surface area contributed by atoms with Crippen LogP contribution in [0.5, 0.6) is 0 Å². The molecule has 0 saturated heterocycles. The third-order valence-corrected chi connectivity index (χ3v) is 15.2. The molecule has 0 aliphatic carbocycles. The third kappa shape index (κ3) is 34.5. The average Bonchev–Trinajstić information content (AvgIpc) is 3.85. The number of carbonyl (C=O) groups excluding carboxylic acids is 5. The van der Waals surface area contributed by atoms with Crippen LogP contribution in [-0.4, -0.2) is 131 Å². The molecule has 15 nitrogen and oxygen atoms in total. The lowest BCUT2D eigenvalue weighted by Crippen LogP contribution is -2.27. The van der Waals surface area contributed by atoms with Crippen molar-refractivity contribution in [3.8, 4) is 0 Å². The third-order valence-electron chi connectivity index (χ3n) is 10.6. The number of aliphatic hydroxyl groups excluding tert-OH is 1. The number of thioether (sulfide) groups is 2. The number of ether oxygens (including phenoxy) is 6. The second-order valence-corrected chi connectivity index (χ2v) is 26.1. The summed E-state index contributed by atoms with van der Waals surface area (Å²) in [7, 11) is -3.90. The van der Waals surface area contributed by atoms with Gasteiger partial charge in [-0.3, -0.25) is 23.4 Å². The Morgan fingerprint density at radius 2 is 1.05 bits per heavy atom. The normalized spacial score (nSPS) is 14.8. The van der Waals surface area contributed by atoms with Gasteiger partial charge in [-0.05, 0) is 111 Å². The molecule has 0 bridgehead atoms. The molecule has 1 N–H and O–H groups in total. The number of benzene rings is 1. The number of aryl methyl sites for hydroxylation is 1. The molecule has 1 aromatic carbocycles. The van der Waals surface area contributed by atoms with Crippen LogP contribution in [0, 0.1) is 6.92 Å². The fraction of sp³-hybridized carbons (Fsp3) is 0.627. The first-order chi connectivity index (χ1) is 36.0. The van der Waals surface area contributed by atoms with E-state index in [1.807, 2.05) is 48.5 Å². The van der Waals surface area contributed by atoms with E-state index < -0.39 is 35.4 Å². The van der Waals surface area contributed by atoms with Crippen LogP contribution in [0.1, 0.15) is 112 Å². The van der Waals surface area contributed by atoms with Crippen LogP contribution in [0.3, 0.4) is 0 Å². The van der Waals surface area contributed by atoms with Crippen molar-refractivity contribution >= 4 is 155 Å². The van der Waals surface area contributed by atoms with E-state index in [-0.39, 0.29) is 53.0 Å². The van der Waals surface area contributed by atoms with Gasteiger partial charge in [0.15, 0.2) is 18.9 Å². The minimum atomic E-state index is -3.90. The lowest BCUT2D eigenvalue weighted by molar-refractivity contribution is -0.143. The Morgan fingerprint density at radius 1 is 0.662 bits per heavy atom. The largest absolute Gasteiger partial charge is 0.392 e. The van der Waals surface area contributed by atoms with Gasteiger partial charge >= 0.3 is 0 Å². The molecule has 0 unspecified atom stereocenters. The number of aliphatic hydroxyl groups is 1. The molecule has 0 saturated carbocycles. The number of thiol groups is 2. The maximum Gasteiger partial charge on any atom is 0.297 e. The Kier molecular flexibility index (Phi) is 40.9.